The molecule has 0 aliphatic carbocycles. The molecule has 0 spiro atoms. The molecule has 1 aromatic rings. The number of nitrogens with one attached hydrogen (secondary N) is 1. The van der Waals surface area contributed by atoms with Gasteiger partial charge in [-0.25, -0.2) is 0 Å². The maximum Gasteiger partial charge on any atom is 0.280 e. The second-order valence-corrected chi connectivity index (χ2v) is 7.25. The van der Waals surface area contributed by atoms with Gasteiger partial charge in [-0.15, -0.1) is 0 Å². The molecule has 1 heterocycles. The number of hydrogen-bond acceptors (Lipinski definition) is 3. The standard InChI is InChI=1S/C15H25N3O2S/c1-2-3-8-15(11-16)17-21(19,20)18-10-9-13-6-4-5-7-14(13)12-18/h4-7,15,17H,2-3,8-12,16H2,1H3. The summed E-state index contributed by atoms with van der Waals surface area (Å²) in [4.78, 5) is 0. The Kier molecular flexibility index (Phi) is 5.75. The van der Waals surface area contributed by atoms with Crippen molar-refractivity contribution in [1.82, 2.24) is 9.03 Å². The first kappa shape index (κ1) is 16.4. The van der Waals surface area contributed by atoms with E-state index in [0.29, 0.717) is 19.6 Å². The molecule has 21 heavy (non-hydrogen) atoms. The van der Waals surface area contributed by atoms with Gasteiger partial charge in [0.05, 0.1) is 0 Å². The van der Waals surface area contributed by atoms with Crippen LogP contribution in [0.2, 0.25) is 0 Å². The lowest BCUT2D eigenvalue weighted by atomic mass is 10.0. The Morgan fingerprint density at radius 3 is 2.71 bits per heavy atom. The first-order valence-electron chi connectivity index (χ1n) is 7.61. The van der Waals surface area contributed by atoms with Crippen LogP contribution in [-0.4, -0.2) is 31.9 Å². The molecule has 1 atom stereocenters. The largest absolute Gasteiger partial charge is 0.329 e. The number of nitrogens with two attached hydrogens (primary N) is 1. The average molecular weight is 311 g/mol. The molecule has 0 radical (unpaired) electrons. The number of hydrogen-bond donors (Lipinski definition) is 2. The lowest BCUT2D eigenvalue weighted by Crippen LogP contribution is -2.49. The number of rotatable bonds is 7. The second kappa shape index (κ2) is 7.35. The predicted molar refractivity (Wildman–Crippen MR) is 85.0 cm³/mol. The quantitative estimate of drug-likeness (QED) is 0.799. The molecule has 0 saturated heterocycles. The molecule has 0 bridgehead atoms. The molecule has 3 N–H and O–H groups in total. The van der Waals surface area contributed by atoms with E-state index in [-0.39, 0.29) is 6.04 Å². The zero-order chi connectivity index (χ0) is 15.3. The highest BCUT2D eigenvalue weighted by Gasteiger charge is 2.28. The van der Waals surface area contributed by atoms with E-state index in [0.717, 1.165) is 31.2 Å². The maximum absolute atomic E-state index is 12.5. The first-order valence-corrected chi connectivity index (χ1v) is 9.05. The Morgan fingerprint density at radius 1 is 1.33 bits per heavy atom. The van der Waals surface area contributed by atoms with Crippen molar-refractivity contribution < 1.29 is 8.42 Å². The van der Waals surface area contributed by atoms with Gasteiger partial charge >= 0.3 is 0 Å². The average Bonchev–Trinajstić information content (AvgIpc) is 2.50. The third-order valence-corrected chi connectivity index (χ3v) is 5.56. The molecule has 2 rings (SSSR count). The van der Waals surface area contributed by atoms with Gasteiger partial charge in [0.25, 0.3) is 10.2 Å². The molecule has 1 aliphatic heterocycles. The summed E-state index contributed by atoms with van der Waals surface area (Å²) in [5, 5.41) is 0. The molecule has 5 nitrogen and oxygen atoms in total. The van der Waals surface area contributed by atoms with Gasteiger partial charge in [0.15, 0.2) is 0 Å². The van der Waals surface area contributed by atoms with Crippen LogP contribution in [0.25, 0.3) is 0 Å². The molecule has 6 heteroatoms. The van der Waals surface area contributed by atoms with Crippen molar-refractivity contribution in [3.8, 4) is 0 Å². The fourth-order valence-corrected chi connectivity index (χ4v) is 4.06. The Hall–Kier alpha value is -0.950. The van der Waals surface area contributed by atoms with Crippen LogP contribution >= 0.6 is 0 Å². The van der Waals surface area contributed by atoms with Crippen LogP contribution in [0.4, 0.5) is 0 Å². The van der Waals surface area contributed by atoms with Gasteiger partial charge in [-0.3, -0.25) is 0 Å². The van der Waals surface area contributed by atoms with Gasteiger partial charge in [0.1, 0.15) is 0 Å². The van der Waals surface area contributed by atoms with Gasteiger partial charge in [0.2, 0.25) is 0 Å². The molecule has 0 aromatic heterocycles. The number of benzene rings is 1. The highest BCUT2D eigenvalue weighted by atomic mass is 32.2. The topological polar surface area (TPSA) is 75.4 Å². The van der Waals surface area contributed by atoms with Crippen molar-refractivity contribution in [2.45, 2.75) is 45.2 Å². The van der Waals surface area contributed by atoms with Gasteiger partial charge in [-0.2, -0.15) is 17.4 Å². The Bertz CT molecular complexity index is 560. The summed E-state index contributed by atoms with van der Waals surface area (Å²) in [6, 6.07) is 7.83. The fraction of sp³-hybridized carbons (Fsp3) is 0.600. The summed E-state index contributed by atoms with van der Waals surface area (Å²) >= 11 is 0. The normalized spacial score (nSPS) is 17.4. The van der Waals surface area contributed by atoms with E-state index in [2.05, 4.69) is 17.7 Å². The van der Waals surface area contributed by atoms with E-state index in [9.17, 15) is 8.42 Å². The lowest BCUT2D eigenvalue weighted by Gasteiger charge is -2.29. The lowest BCUT2D eigenvalue weighted by molar-refractivity contribution is 0.375. The SMILES string of the molecule is CCCCC(CN)NS(=O)(=O)N1CCc2ccccc2C1. The van der Waals surface area contributed by atoms with Crippen LogP contribution < -0.4 is 10.5 Å². The molecule has 1 aromatic carbocycles. The minimum absolute atomic E-state index is 0.174. The monoisotopic (exact) mass is 311 g/mol. The number of nitrogens with zero attached hydrogens (tertiary/aromatic N) is 1. The third-order valence-electron chi connectivity index (χ3n) is 3.94. The summed E-state index contributed by atoms with van der Waals surface area (Å²) < 4.78 is 29.2. The van der Waals surface area contributed by atoms with Crippen LogP contribution in [0.1, 0.15) is 37.3 Å². The molecule has 118 valence electrons. The number of fused-ring (bicyclic) bond motifs is 1. The molecule has 0 amide bonds. The smallest absolute Gasteiger partial charge is 0.280 e. The van der Waals surface area contributed by atoms with Gasteiger partial charge < -0.3 is 5.73 Å². The minimum atomic E-state index is -3.46. The molecular weight excluding hydrogens is 286 g/mol. The van der Waals surface area contributed by atoms with E-state index >= 15 is 0 Å². The van der Waals surface area contributed by atoms with Crippen LogP contribution in [0, 0.1) is 0 Å². The Morgan fingerprint density at radius 2 is 2.05 bits per heavy atom. The van der Waals surface area contributed by atoms with Crippen molar-refractivity contribution in [2.24, 2.45) is 5.73 Å². The predicted octanol–water partition coefficient (Wildman–Crippen LogP) is 1.40. The first-order chi connectivity index (χ1) is 10.1. The summed E-state index contributed by atoms with van der Waals surface area (Å²) in [6.45, 7) is 3.39. The Balaban J connectivity index is 2.03. The molecule has 0 saturated carbocycles. The third kappa shape index (κ3) is 4.26. The van der Waals surface area contributed by atoms with E-state index in [1.165, 1.54) is 9.87 Å². The minimum Gasteiger partial charge on any atom is -0.329 e. The van der Waals surface area contributed by atoms with Crippen LogP contribution in [0.15, 0.2) is 24.3 Å². The van der Waals surface area contributed by atoms with Crippen LogP contribution in [-0.2, 0) is 23.2 Å². The van der Waals surface area contributed by atoms with Crippen LogP contribution in [0.5, 0.6) is 0 Å². The Labute approximate surface area is 127 Å². The van der Waals surface area contributed by atoms with Crippen molar-refractivity contribution in [3.05, 3.63) is 35.4 Å². The fourth-order valence-electron chi connectivity index (χ4n) is 2.64. The van der Waals surface area contributed by atoms with Crippen LogP contribution in [0.3, 0.4) is 0 Å². The second-order valence-electron chi connectivity index (χ2n) is 5.55. The van der Waals surface area contributed by atoms with Gasteiger partial charge in [-0.05, 0) is 24.0 Å². The van der Waals surface area contributed by atoms with Gasteiger partial charge in [-0.1, -0.05) is 44.0 Å². The van der Waals surface area contributed by atoms with E-state index in [1.54, 1.807) is 0 Å². The van der Waals surface area contributed by atoms with Crippen molar-refractivity contribution >= 4 is 10.2 Å². The van der Waals surface area contributed by atoms with Crippen molar-refractivity contribution in [3.63, 3.8) is 0 Å². The zero-order valence-electron chi connectivity index (χ0n) is 12.6. The molecule has 0 fully saturated rings. The molecular formula is C15H25N3O2S. The summed E-state index contributed by atoms with van der Waals surface area (Å²) in [5.74, 6) is 0. The van der Waals surface area contributed by atoms with Crippen molar-refractivity contribution in [2.75, 3.05) is 13.1 Å². The van der Waals surface area contributed by atoms with Crippen molar-refractivity contribution in [1.29, 1.82) is 0 Å². The maximum atomic E-state index is 12.5. The van der Waals surface area contributed by atoms with E-state index < -0.39 is 10.2 Å². The molecule has 1 unspecified atom stereocenters. The zero-order valence-corrected chi connectivity index (χ0v) is 13.4. The number of unbranched alkanes of at least 4 members (excludes halogenated alkanes) is 1. The summed E-state index contributed by atoms with van der Waals surface area (Å²) in [6.07, 6.45) is 3.57. The highest BCUT2D eigenvalue weighted by Crippen LogP contribution is 2.20. The van der Waals surface area contributed by atoms with E-state index in [4.69, 9.17) is 5.73 Å². The van der Waals surface area contributed by atoms with Gasteiger partial charge in [0, 0.05) is 25.7 Å². The highest BCUT2D eigenvalue weighted by molar-refractivity contribution is 7.87. The summed E-state index contributed by atoms with van der Waals surface area (Å²) in [5.41, 5.74) is 8.01. The molecule has 1 aliphatic rings. The van der Waals surface area contributed by atoms with E-state index in [1.807, 2.05) is 18.2 Å². The summed E-state index contributed by atoms with van der Waals surface area (Å²) in [7, 11) is -3.46.